The SMILES string of the molecule is O=C(c1ccc(F)cc1)[C@@H]1[C@@H]2C(=O)N(c3ccc(Cl)cc3)C(=O)[C@@H]2[C@H]2C=CC=NN21. The minimum atomic E-state index is -0.958. The Morgan fingerprint density at radius 3 is 2.33 bits per heavy atom. The lowest BCUT2D eigenvalue weighted by atomic mass is 9.86. The molecule has 2 fully saturated rings. The Morgan fingerprint density at radius 1 is 0.967 bits per heavy atom. The second-order valence-corrected chi connectivity index (χ2v) is 7.81. The predicted molar refractivity (Wildman–Crippen MR) is 109 cm³/mol. The summed E-state index contributed by atoms with van der Waals surface area (Å²) in [5.41, 5.74) is 0.669. The van der Waals surface area contributed by atoms with Gasteiger partial charge in [0.2, 0.25) is 11.8 Å². The molecule has 2 aromatic rings. The highest BCUT2D eigenvalue weighted by Gasteiger charge is 2.64. The molecule has 30 heavy (non-hydrogen) atoms. The predicted octanol–water partition coefficient (Wildman–Crippen LogP) is 3.08. The lowest BCUT2D eigenvalue weighted by Crippen LogP contribution is -2.46. The Labute approximate surface area is 176 Å². The van der Waals surface area contributed by atoms with Crippen molar-refractivity contribution >= 4 is 41.1 Å². The number of benzene rings is 2. The summed E-state index contributed by atoms with van der Waals surface area (Å²) in [6.07, 6.45) is 5.00. The number of Topliss-reactive ketones (excluding diaryl/α,β-unsaturated/α-hetero) is 1. The van der Waals surface area contributed by atoms with Crippen LogP contribution in [0.3, 0.4) is 0 Å². The average Bonchev–Trinajstić information content (AvgIpc) is 3.22. The van der Waals surface area contributed by atoms with Gasteiger partial charge in [0.05, 0.1) is 23.6 Å². The molecule has 0 saturated carbocycles. The first-order valence-electron chi connectivity index (χ1n) is 9.39. The number of hydrogen-bond acceptors (Lipinski definition) is 5. The van der Waals surface area contributed by atoms with Crippen LogP contribution in [-0.2, 0) is 9.59 Å². The number of nitrogens with zero attached hydrogens (tertiary/aromatic N) is 3. The van der Waals surface area contributed by atoms with E-state index in [2.05, 4.69) is 5.10 Å². The summed E-state index contributed by atoms with van der Waals surface area (Å²) in [5, 5.41) is 6.29. The van der Waals surface area contributed by atoms with Crippen molar-refractivity contribution in [1.29, 1.82) is 0 Å². The number of amides is 2. The maximum absolute atomic E-state index is 13.4. The van der Waals surface area contributed by atoms with Crippen molar-refractivity contribution < 1.29 is 18.8 Å². The van der Waals surface area contributed by atoms with Gasteiger partial charge in [0.1, 0.15) is 11.9 Å². The van der Waals surface area contributed by atoms with Gasteiger partial charge in [-0.3, -0.25) is 19.4 Å². The summed E-state index contributed by atoms with van der Waals surface area (Å²) in [4.78, 5) is 41.1. The van der Waals surface area contributed by atoms with E-state index in [0.29, 0.717) is 10.7 Å². The first-order chi connectivity index (χ1) is 14.5. The van der Waals surface area contributed by atoms with Gasteiger partial charge in [-0.2, -0.15) is 5.10 Å². The van der Waals surface area contributed by atoms with Crippen LogP contribution in [0.15, 0.2) is 65.8 Å². The van der Waals surface area contributed by atoms with E-state index in [1.807, 2.05) is 0 Å². The molecule has 3 aliphatic heterocycles. The third-order valence-electron chi connectivity index (χ3n) is 5.77. The Balaban J connectivity index is 1.57. The molecule has 0 spiro atoms. The van der Waals surface area contributed by atoms with Gasteiger partial charge in [-0.05, 0) is 54.6 Å². The molecule has 0 radical (unpaired) electrons. The minimum absolute atomic E-state index is 0.260. The number of ketones is 1. The zero-order chi connectivity index (χ0) is 21.0. The van der Waals surface area contributed by atoms with Gasteiger partial charge in [-0.25, -0.2) is 9.29 Å². The monoisotopic (exact) mass is 423 g/mol. The number of rotatable bonds is 3. The topological polar surface area (TPSA) is 70.0 Å². The average molecular weight is 424 g/mol. The van der Waals surface area contributed by atoms with Crippen molar-refractivity contribution in [2.75, 3.05) is 4.90 Å². The Hall–Kier alpha value is -3.32. The van der Waals surface area contributed by atoms with Crippen LogP contribution in [-0.4, -0.2) is 40.9 Å². The van der Waals surface area contributed by atoms with Crippen LogP contribution in [0.1, 0.15) is 10.4 Å². The molecule has 0 N–H and O–H groups in total. The second kappa shape index (κ2) is 6.88. The van der Waals surface area contributed by atoms with Gasteiger partial charge in [-0.15, -0.1) is 0 Å². The van der Waals surface area contributed by atoms with Gasteiger partial charge < -0.3 is 0 Å². The van der Waals surface area contributed by atoms with Crippen molar-refractivity contribution in [3.63, 3.8) is 0 Å². The number of halogens is 2. The van der Waals surface area contributed by atoms with Crippen molar-refractivity contribution in [3.05, 3.63) is 77.1 Å². The van der Waals surface area contributed by atoms with E-state index < -0.39 is 35.6 Å². The van der Waals surface area contributed by atoms with E-state index in [9.17, 15) is 18.8 Å². The van der Waals surface area contributed by atoms with Gasteiger partial charge >= 0.3 is 0 Å². The number of hydrogen-bond donors (Lipinski definition) is 0. The molecule has 150 valence electrons. The van der Waals surface area contributed by atoms with Gasteiger partial charge in [0, 0.05) is 16.8 Å². The van der Waals surface area contributed by atoms with E-state index in [0.717, 1.165) is 4.90 Å². The summed E-state index contributed by atoms with van der Waals surface area (Å²) in [7, 11) is 0. The fraction of sp³-hybridized carbons (Fsp3) is 0.182. The van der Waals surface area contributed by atoms with Crippen molar-refractivity contribution in [2.45, 2.75) is 12.1 Å². The van der Waals surface area contributed by atoms with E-state index in [1.165, 1.54) is 35.5 Å². The summed E-state index contributed by atoms with van der Waals surface area (Å²) < 4.78 is 13.3. The van der Waals surface area contributed by atoms with Crippen LogP contribution in [0.4, 0.5) is 10.1 Å². The van der Waals surface area contributed by atoms with Gasteiger partial charge in [0.25, 0.3) is 0 Å². The third-order valence-corrected chi connectivity index (χ3v) is 6.03. The standard InChI is InChI=1S/C22H15ClFN3O3/c23-13-5-9-15(10-6-13)26-21(29)17-16-2-1-11-25-27(16)19(18(17)22(26)30)20(28)12-3-7-14(24)8-4-12/h1-11,16-19H/t16-,17-,18-,19+/m1/s1. The number of allylic oxidation sites excluding steroid dienone is 1. The summed E-state index contributed by atoms with van der Waals surface area (Å²) in [6, 6.07) is 10.1. The molecule has 6 nitrogen and oxygen atoms in total. The van der Waals surface area contributed by atoms with Gasteiger partial charge in [-0.1, -0.05) is 17.7 Å². The number of carbonyl (C=O) groups is 3. The van der Waals surface area contributed by atoms with E-state index in [4.69, 9.17) is 11.6 Å². The molecule has 5 rings (SSSR count). The molecule has 3 aliphatic rings. The van der Waals surface area contributed by atoms with Crippen molar-refractivity contribution in [2.24, 2.45) is 16.9 Å². The lowest BCUT2D eigenvalue weighted by molar-refractivity contribution is -0.123. The summed E-state index contributed by atoms with van der Waals surface area (Å²) in [5.74, 6) is -3.30. The molecule has 0 aromatic heterocycles. The number of fused-ring (bicyclic) bond motifs is 3. The molecule has 8 heteroatoms. The van der Waals surface area contributed by atoms with Crippen LogP contribution in [0.2, 0.25) is 5.02 Å². The quantitative estimate of drug-likeness (QED) is 0.562. The zero-order valence-corrected chi connectivity index (χ0v) is 16.2. The summed E-state index contributed by atoms with van der Waals surface area (Å²) in [6.45, 7) is 0. The largest absolute Gasteiger partial charge is 0.292 e. The maximum Gasteiger partial charge on any atom is 0.240 e. The molecular weight excluding hydrogens is 409 g/mol. The number of anilines is 1. The first kappa shape index (κ1) is 18.7. The number of carbonyl (C=O) groups excluding carboxylic acids is 3. The van der Waals surface area contributed by atoms with E-state index >= 15 is 0 Å². The maximum atomic E-state index is 13.4. The zero-order valence-electron chi connectivity index (χ0n) is 15.5. The highest BCUT2D eigenvalue weighted by Crippen LogP contribution is 2.46. The Kier molecular flexibility index (Phi) is 4.29. The van der Waals surface area contributed by atoms with Gasteiger partial charge in [0.15, 0.2) is 5.78 Å². The van der Waals surface area contributed by atoms with Crippen molar-refractivity contribution in [1.82, 2.24) is 5.01 Å². The second-order valence-electron chi connectivity index (χ2n) is 7.38. The highest BCUT2D eigenvalue weighted by molar-refractivity contribution is 6.31. The van der Waals surface area contributed by atoms with Crippen LogP contribution in [0.25, 0.3) is 0 Å². The molecule has 0 bridgehead atoms. The van der Waals surface area contributed by atoms with Crippen LogP contribution >= 0.6 is 11.6 Å². The van der Waals surface area contributed by atoms with Crippen molar-refractivity contribution in [3.8, 4) is 0 Å². The fourth-order valence-corrected chi connectivity index (χ4v) is 4.59. The molecule has 2 saturated heterocycles. The van der Waals surface area contributed by atoms with E-state index in [-0.39, 0.29) is 17.3 Å². The van der Waals surface area contributed by atoms with E-state index in [1.54, 1.807) is 36.4 Å². The number of imide groups is 1. The summed E-state index contributed by atoms with van der Waals surface area (Å²) >= 11 is 5.93. The first-order valence-corrected chi connectivity index (χ1v) is 9.77. The molecule has 2 amide bonds. The normalized spacial score (nSPS) is 26.9. The smallest absolute Gasteiger partial charge is 0.240 e. The third kappa shape index (κ3) is 2.69. The van der Waals surface area contributed by atoms with Crippen LogP contribution in [0.5, 0.6) is 0 Å². The van der Waals surface area contributed by atoms with Crippen LogP contribution in [0, 0.1) is 17.7 Å². The minimum Gasteiger partial charge on any atom is -0.292 e. The molecule has 0 aliphatic carbocycles. The molecular formula is C22H15ClFN3O3. The molecule has 0 unspecified atom stereocenters. The lowest BCUT2D eigenvalue weighted by Gasteiger charge is -2.30. The molecule has 3 heterocycles. The molecule has 2 aromatic carbocycles. The highest BCUT2D eigenvalue weighted by atomic mass is 35.5. The Bertz CT molecular complexity index is 1110. The fourth-order valence-electron chi connectivity index (χ4n) is 4.47. The molecule has 4 atom stereocenters. The Morgan fingerprint density at radius 2 is 1.63 bits per heavy atom. The van der Waals surface area contributed by atoms with Crippen LogP contribution < -0.4 is 4.90 Å². The number of hydrazone groups is 1.